The van der Waals surface area contributed by atoms with Crippen molar-refractivity contribution in [2.24, 2.45) is 4.66 Å². The van der Waals surface area contributed by atoms with E-state index in [1.165, 1.54) is 22.2 Å². The van der Waals surface area contributed by atoms with Crippen LogP contribution in [0, 0.1) is 0 Å². The normalized spacial score (nSPS) is 10.7. The number of benzene rings is 3. The van der Waals surface area contributed by atoms with E-state index in [1.807, 2.05) is 18.2 Å². The molecule has 0 saturated heterocycles. The molecule has 0 N–H and O–H groups in total. The Morgan fingerprint density at radius 3 is 1.18 bits per heavy atom. The zero-order valence-electron chi connectivity index (χ0n) is 12.0. The maximum absolute atomic E-state index is 5.14. The summed E-state index contributed by atoms with van der Waals surface area (Å²) in [5.74, 6) is 0. The minimum absolute atomic E-state index is 1.22. The summed E-state index contributed by atoms with van der Waals surface area (Å²) in [4.78, 5) is 0. The standard InChI is InChI=1S/C18H15BNPS/c22-19-20-21(16-10-4-1-5-11-16,17-12-6-2-7-13-17)18-14-8-3-9-15-18/h1-15H. The topological polar surface area (TPSA) is 12.4 Å². The second kappa shape index (κ2) is 6.96. The van der Waals surface area contributed by atoms with Gasteiger partial charge in [-0.15, -0.1) is 0 Å². The van der Waals surface area contributed by atoms with Crippen molar-refractivity contribution < 1.29 is 0 Å². The second-order valence-electron chi connectivity index (χ2n) is 4.86. The zero-order valence-corrected chi connectivity index (χ0v) is 13.8. The maximum atomic E-state index is 5.14. The summed E-state index contributed by atoms with van der Waals surface area (Å²) in [6, 6.07) is 31.4. The Balaban J connectivity index is 2.40. The van der Waals surface area contributed by atoms with Crippen molar-refractivity contribution >= 4 is 41.3 Å². The average Bonchev–Trinajstić information content (AvgIpc) is 2.62. The fraction of sp³-hybridized carbons (Fsp3) is 0. The first-order valence-corrected chi connectivity index (χ1v) is 9.31. The van der Waals surface area contributed by atoms with Crippen molar-refractivity contribution in [3.63, 3.8) is 0 Å². The van der Waals surface area contributed by atoms with Gasteiger partial charge in [0.1, 0.15) is 0 Å². The van der Waals surface area contributed by atoms with Crippen molar-refractivity contribution in [3.05, 3.63) is 91.0 Å². The summed E-state index contributed by atoms with van der Waals surface area (Å²) < 4.78 is 4.87. The minimum atomic E-state index is -2.09. The molecule has 0 radical (unpaired) electrons. The Morgan fingerprint density at radius 1 is 0.591 bits per heavy atom. The van der Waals surface area contributed by atoms with Crippen LogP contribution in [0.4, 0.5) is 0 Å². The fourth-order valence-electron chi connectivity index (χ4n) is 2.65. The van der Waals surface area contributed by atoms with Gasteiger partial charge in [0.15, 0.2) is 0 Å². The van der Waals surface area contributed by atoms with Crippen LogP contribution in [0.1, 0.15) is 0 Å². The van der Waals surface area contributed by atoms with Gasteiger partial charge in [-0.05, 0) is 0 Å². The van der Waals surface area contributed by atoms with Crippen LogP contribution in [-0.2, 0) is 0 Å². The van der Waals surface area contributed by atoms with Crippen LogP contribution in [-0.4, -0.2) is 6.29 Å². The SMILES string of the molecule is S=BN=P(c1ccccc1)(c1ccccc1)c1ccccc1. The first-order valence-electron chi connectivity index (χ1n) is 7.10. The van der Waals surface area contributed by atoms with Gasteiger partial charge in [-0.25, -0.2) is 0 Å². The van der Waals surface area contributed by atoms with Gasteiger partial charge >= 0.3 is 137 Å². The average molecular weight is 319 g/mol. The molecule has 3 rings (SSSR count). The Morgan fingerprint density at radius 2 is 0.909 bits per heavy atom. The van der Waals surface area contributed by atoms with Gasteiger partial charge in [0.2, 0.25) is 0 Å². The summed E-state index contributed by atoms with van der Waals surface area (Å²) >= 11 is 5.14. The summed E-state index contributed by atoms with van der Waals surface area (Å²) in [5.41, 5.74) is 0. The van der Waals surface area contributed by atoms with Crippen LogP contribution in [0.5, 0.6) is 0 Å². The molecule has 3 aromatic carbocycles. The molecule has 106 valence electrons. The Labute approximate surface area is 137 Å². The predicted octanol–water partition coefficient (Wildman–Crippen LogP) is 3.90. The summed E-state index contributed by atoms with van der Waals surface area (Å²) in [6.07, 6.45) is 1.53. The van der Waals surface area contributed by atoms with Gasteiger partial charge in [-0.1, -0.05) is 0 Å². The third-order valence-electron chi connectivity index (χ3n) is 3.61. The molecule has 0 aliphatic heterocycles. The van der Waals surface area contributed by atoms with E-state index >= 15 is 0 Å². The molecule has 4 heteroatoms. The van der Waals surface area contributed by atoms with E-state index in [0.29, 0.717) is 0 Å². The van der Waals surface area contributed by atoms with Gasteiger partial charge in [-0.3, -0.25) is 0 Å². The molecule has 0 aliphatic rings. The molecule has 0 amide bonds. The number of rotatable bonds is 4. The Kier molecular flexibility index (Phi) is 4.77. The van der Waals surface area contributed by atoms with E-state index in [4.69, 9.17) is 16.7 Å². The van der Waals surface area contributed by atoms with Gasteiger partial charge < -0.3 is 0 Å². The van der Waals surface area contributed by atoms with E-state index in [1.54, 1.807) is 0 Å². The molecule has 0 aliphatic carbocycles. The second-order valence-corrected chi connectivity index (χ2v) is 8.12. The molecule has 22 heavy (non-hydrogen) atoms. The Bertz CT molecular complexity index is 701. The summed E-state index contributed by atoms with van der Waals surface area (Å²) in [6.45, 7) is 0. The first kappa shape index (κ1) is 15.1. The molecule has 0 atom stereocenters. The van der Waals surface area contributed by atoms with Gasteiger partial charge in [-0.2, -0.15) is 0 Å². The molecule has 0 unspecified atom stereocenters. The van der Waals surface area contributed by atoms with E-state index in [-0.39, 0.29) is 0 Å². The zero-order chi connectivity index (χ0) is 15.3. The predicted molar refractivity (Wildman–Crippen MR) is 101 cm³/mol. The van der Waals surface area contributed by atoms with Crippen LogP contribution in [0.3, 0.4) is 0 Å². The fourth-order valence-corrected chi connectivity index (χ4v) is 6.32. The molecule has 0 fully saturated rings. The third-order valence-corrected chi connectivity index (χ3v) is 7.47. The molecule has 0 aromatic heterocycles. The summed E-state index contributed by atoms with van der Waals surface area (Å²) in [5, 5.41) is 3.65. The van der Waals surface area contributed by atoms with E-state index in [0.717, 1.165) is 0 Å². The van der Waals surface area contributed by atoms with Crippen molar-refractivity contribution in [1.29, 1.82) is 0 Å². The molecule has 0 saturated carbocycles. The molecule has 3 aromatic rings. The van der Waals surface area contributed by atoms with Crippen LogP contribution in [0.25, 0.3) is 0 Å². The van der Waals surface area contributed by atoms with Crippen LogP contribution in [0.15, 0.2) is 95.7 Å². The number of nitrogens with zero attached hydrogens (tertiary/aromatic N) is 1. The van der Waals surface area contributed by atoms with Gasteiger partial charge in [0, 0.05) is 0 Å². The van der Waals surface area contributed by atoms with Gasteiger partial charge in [0.05, 0.1) is 0 Å². The number of hydrogen-bond acceptors (Lipinski definition) is 1. The monoisotopic (exact) mass is 319 g/mol. The molecule has 0 spiro atoms. The first-order chi connectivity index (χ1) is 10.9. The van der Waals surface area contributed by atoms with E-state index in [2.05, 4.69) is 72.8 Å². The van der Waals surface area contributed by atoms with Crippen LogP contribution >= 0.6 is 19.1 Å². The molecular formula is C18H15BNPS. The van der Waals surface area contributed by atoms with Crippen molar-refractivity contribution in [2.45, 2.75) is 0 Å². The van der Waals surface area contributed by atoms with Crippen LogP contribution in [0.2, 0.25) is 0 Å². The molecule has 0 heterocycles. The summed E-state index contributed by atoms with van der Waals surface area (Å²) in [7, 11) is -2.09. The van der Waals surface area contributed by atoms with E-state index < -0.39 is 7.05 Å². The van der Waals surface area contributed by atoms with Crippen LogP contribution < -0.4 is 15.9 Å². The third kappa shape index (κ3) is 2.75. The van der Waals surface area contributed by atoms with Crippen molar-refractivity contribution in [2.75, 3.05) is 0 Å². The molecule has 1 nitrogen and oxygen atoms in total. The van der Waals surface area contributed by atoms with E-state index in [9.17, 15) is 0 Å². The Hall–Kier alpha value is -1.83. The molecule has 0 bridgehead atoms. The quantitative estimate of drug-likeness (QED) is 0.525. The number of hydrogen-bond donors (Lipinski definition) is 0. The molecular weight excluding hydrogens is 304 g/mol. The van der Waals surface area contributed by atoms with Crippen molar-refractivity contribution in [1.82, 2.24) is 0 Å². The van der Waals surface area contributed by atoms with Gasteiger partial charge in [0.25, 0.3) is 0 Å². The van der Waals surface area contributed by atoms with Crippen molar-refractivity contribution in [3.8, 4) is 0 Å².